The second kappa shape index (κ2) is 13.8. The van der Waals surface area contributed by atoms with Gasteiger partial charge in [-0.1, -0.05) is 81.1 Å². The molecular weight excluding hydrogens is 558 g/mol. The first-order chi connectivity index (χ1) is 20.7. The molecule has 0 unspecified atom stereocenters. The molecule has 0 aromatic heterocycles. The van der Waals surface area contributed by atoms with Gasteiger partial charge in [-0.05, 0) is 96.4 Å². The number of hydrogen-bond acceptors (Lipinski definition) is 0. The van der Waals surface area contributed by atoms with Crippen molar-refractivity contribution in [2.75, 3.05) is 0 Å². The Kier molecular flexibility index (Phi) is 9.94. The third-order valence-electron chi connectivity index (χ3n) is 8.93. The third kappa shape index (κ3) is 7.17. The molecule has 1 aliphatic rings. The highest BCUT2D eigenvalue weighted by molar-refractivity contribution is 5.66. The maximum atomic E-state index is 15.2. The van der Waals surface area contributed by atoms with Crippen LogP contribution in [0.3, 0.4) is 0 Å². The van der Waals surface area contributed by atoms with Crippen LogP contribution in [0.1, 0.15) is 80.9 Å². The molecule has 0 atom stereocenters. The van der Waals surface area contributed by atoms with Crippen LogP contribution in [0.5, 0.6) is 0 Å². The fourth-order valence-electron chi connectivity index (χ4n) is 6.35. The Labute approximate surface area is 249 Å². The van der Waals surface area contributed by atoms with Crippen molar-refractivity contribution in [3.63, 3.8) is 0 Å². The molecule has 0 bridgehead atoms. The summed E-state index contributed by atoms with van der Waals surface area (Å²) in [5, 5.41) is 0. The molecule has 5 rings (SSSR count). The van der Waals surface area contributed by atoms with Crippen molar-refractivity contribution in [2.45, 2.75) is 77.0 Å². The maximum Gasteiger partial charge on any atom is 0.194 e. The molecule has 0 saturated heterocycles. The summed E-state index contributed by atoms with van der Waals surface area (Å²) in [6, 6.07) is 16.4. The van der Waals surface area contributed by atoms with E-state index >= 15 is 8.78 Å². The van der Waals surface area contributed by atoms with Gasteiger partial charge in [-0.15, -0.1) is 0 Å². The molecule has 1 saturated carbocycles. The van der Waals surface area contributed by atoms with Crippen molar-refractivity contribution in [1.29, 1.82) is 0 Å². The van der Waals surface area contributed by atoms with Gasteiger partial charge in [-0.2, -0.15) is 0 Å². The van der Waals surface area contributed by atoms with Crippen LogP contribution >= 0.6 is 0 Å². The predicted octanol–water partition coefficient (Wildman–Crippen LogP) is 11.5. The SMILES string of the molecule is CCCCCC1CCC(c2ccc(-c3ccc(CCc4ccc(-c5cc(F)c(F)c(F)c5)c(F)c4)c(F)c3F)cc2)CC1. The second-order valence-electron chi connectivity index (χ2n) is 11.8. The van der Waals surface area contributed by atoms with E-state index in [2.05, 4.69) is 6.92 Å². The normalized spacial score (nSPS) is 16.9. The van der Waals surface area contributed by atoms with E-state index in [0.29, 0.717) is 17.0 Å². The minimum Gasteiger partial charge on any atom is -0.206 e. The zero-order valence-electron chi connectivity index (χ0n) is 24.3. The molecule has 1 aliphatic carbocycles. The molecule has 43 heavy (non-hydrogen) atoms. The third-order valence-corrected chi connectivity index (χ3v) is 8.93. The van der Waals surface area contributed by atoms with E-state index in [1.807, 2.05) is 24.3 Å². The lowest BCUT2D eigenvalue weighted by atomic mass is 9.77. The summed E-state index contributed by atoms with van der Waals surface area (Å²) in [7, 11) is 0. The monoisotopic (exact) mass is 594 g/mol. The average molecular weight is 595 g/mol. The molecular formula is C37H36F6. The molecule has 0 amide bonds. The highest BCUT2D eigenvalue weighted by Gasteiger charge is 2.23. The van der Waals surface area contributed by atoms with Gasteiger partial charge >= 0.3 is 0 Å². The Morgan fingerprint density at radius 2 is 1.26 bits per heavy atom. The van der Waals surface area contributed by atoms with Gasteiger partial charge in [-0.3, -0.25) is 0 Å². The Hall–Kier alpha value is -3.54. The van der Waals surface area contributed by atoms with Crippen LogP contribution < -0.4 is 0 Å². The molecule has 1 fully saturated rings. The average Bonchev–Trinajstić information content (AvgIpc) is 3.01. The summed E-state index contributed by atoms with van der Waals surface area (Å²) in [6.07, 6.45) is 10.4. The van der Waals surface area contributed by atoms with Crippen molar-refractivity contribution in [3.05, 3.63) is 118 Å². The van der Waals surface area contributed by atoms with E-state index in [-0.39, 0.29) is 35.1 Å². The van der Waals surface area contributed by atoms with E-state index in [9.17, 15) is 17.6 Å². The first kappa shape index (κ1) is 30.9. The van der Waals surface area contributed by atoms with E-state index < -0.39 is 34.9 Å². The van der Waals surface area contributed by atoms with Gasteiger partial charge in [0.1, 0.15) is 5.82 Å². The lowest BCUT2D eigenvalue weighted by Crippen LogP contribution is -2.13. The van der Waals surface area contributed by atoms with Gasteiger partial charge in [0.2, 0.25) is 0 Å². The summed E-state index contributed by atoms with van der Waals surface area (Å²) >= 11 is 0. The van der Waals surface area contributed by atoms with Gasteiger partial charge in [0.05, 0.1) is 0 Å². The second-order valence-corrected chi connectivity index (χ2v) is 11.8. The zero-order valence-corrected chi connectivity index (χ0v) is 24.3. The minimum absolute atomic E-state index is 0.0933. The Bertz CT molecular complexity index is 1530. The molecule has 0 nitrogen and oxygen atoms in total. The quantitative estimate of drug-likeness (QED) is 0.0973. The van der Waals surface area contributed by atoms with Crippen LogP contribution in [0.4, 0.5) is 26.3 Å². The summed E-state index contributed by atoms with van der Waals surface area (Å²) in [6.45, 7) is 2.23. The standard InChI is InChI=1S/C37H36F6/c1-2-3-4-5-23-6-10-25(11-7-23)26-13-15-27(16-14-26)31-19-17-28(35(41)36(31)42)12-8-24-9-18-30(32(38)20-24)29-21-33(39)37(43)34(40)22-29/h9,13-23,25H,2-8,10-12H2,1H3. The lowest BCUT2D eigenvalue weighted by molar-refractivity contribution is 0.303. The van der Waals surface area contributed by atoms with Crippen molar-refractivity contribution >= 4 is 0 Å². The van der Waals surface area contributed by atoms with Crippen LogP contribution in [0.25, 0.3) is 22.3 Å². The number of rotatable bonds is 10. The minimum atomic E-state index is -1.62. The van der Waals surface area contributed by atoms with Gasteiger partial charge in [0, 0.05) is 11.1 Å². The van der Waals surface area contributed by atoms with Crippen molar-refractivity contribution in [3.8, 4) is 22.3 Å². The van der Waals surface area contributed by atoms with Gasteiger partial charge in [0.25, 0.3) is 0 Å². The van der Waals surface area contributed by atoms with Crippen molar-refractivity contribution < 1.29 is 26.3 Å². The van der Waals surface area contributed by atoms with Crippen molar-refractivity contribution in [1.82, 2.24) is 0 Å². The molecule has 0 N–H and O–H groups in total. The fourth-order valence-corrected chi connectivity index (χ4v) is 6.35. The maximum absolute atomic E-state index is 15.2. The van der Waals surface area contributed by atoms with Crippen LogP contribution in [-0.2, 0) is 12.8 Å². The summed E-state index contributed by atoms with van der Waals surface area (Å²) in [5.74, 6) is -5.71. The first-order valence-electron chi connectivity index (χ1n) is 15.3. The van der Waals surface area contributed by atoms with Crippen molar-refractivity contribution in [2.24, 2.45) is 5.92 Å². The summed E-state index contributed by atoms with van der Waals surface area (Å²) in [4.78, 5) is 0. The number of unbranched alkanes of at least 4 members (excludes halogenated alkanes) is 2. The molecule has 0 heterocycles. The van der Waals surface area contributed by atoms with Gasteiger partial charge < -0.3 is 0 Å². The summed E-state index contributed by atoms with van der Waals surface area (Å²) in [5.41, 5.74) is 2.50. The number of halogens is 6. The van der Waals surface area contributed by atoms with Crippen LogP contribution in [0.15, 0.2) is 66.7 Å². The molecule has 4 aromatic rings. The number of hydrogen-bond donors (Lipinski definition) is 0. The Morgan fingerprint density at radius 1 is 0.581 bits per heavy atom. The molecule has 226 valence electrons. The Morgan fingerprint density at radius 3 is 1.91 bits per heavy atom. The number of aryl methyl sites for hydroxylation is 2. The summed E-state index contributed by atoms with van der Waals surface area (Å²) < 4.78 is 85.5. The number of benzene rings is 4. The largest absolute Gasteiger partial charge is 0.206 e. The van der Waals surface area contributed by atoms with E-state index in [4.69, 9.17) is 0 Å². The smallest absolute Gasteiger partial charge is 0.194 e. The molecule has 0 aliphatic heterocycles. The predicted molar refractivity (Wildman–Crippen MR) is 160 cm³/mol. The first-order valence-corrected chi connectivity index (χ1v) is 15.3. The molecule has 6 heteroatoms. The van der Waals surface area contributed by atoms with E-state index in [1.54, 1.807) is 18.2 Å². The van der Waals surface area contributed by atoms with E-state index in [1.165, 1.54) is 69.1 Å². The van der Waals surface area contributed by atoms with Gasteiger partial charge in [-0.25, -0.2) is 26.3 Å². The highest BCUT2D eigenvalue weighted by Crippen LogP contribution is 2.38. The fraction of sp³-hybridized carbons (Fsp3) is 0.351. The van der Waals surface area contributed by atoms with Crippen LogP contribution in [-0.4, -0.2) is 0 Å². The van der Waals surface area contributed by atoms with Crippen LogP contribution in [0.2, 0.25) is 0 Å². The van der Waals surface area contributed by atoms with Gasteiger partial charge in [0.15, 0.2) is 29.1 Å². The highest BCUT2D eigenvalue weighted by atomic mass is 19.2. The molecule has 0 spiro atoms. The molecule has 4 aromatic carbocycles. The lowest BCUT2D eigenvalue weighted by Gasteiger charge is -2.29. The zero-order chi connectivity index (χ0) is 30.5. The topological polar surface area (TPSA) is 0 Å². The van der Waals surface area contributed by atoms with Crippen LogP contribution in [0, 0.1) is 40.8 Å². The molecule has 0 radical (unpaired) electrons. The Balaban J connectivity index is 1.22. The van der Waals surface area contributed by atoms with E-state index in [0.717, 1.165) is 18.1 Å².